The number of hydrogen-bond donors (Lipinski definition) is 2. The van der Waals surface area contributed by atoms with Crippen molar-refractivity contribution in [3.8, 4) is 22.4 Å². The number of halogens is 5. The van der Waals surface area contributed by atoms with Gasteiger partial charge in [-0.05, 0) is 54.1 Å². The lowest BCUT2D eigenvalue weighted by atomic mass is 9.95. The average Bonchev–Trinajstić information content (AvgIpc) is 3.20. The van der Waals surface area contributed by atoms with E-state index < -0.39 is 29.3 Å². The Morgan fingerprint density at radius 1 is 0.971 bits per heavy atom. The standard InChI is InChI=1S/C26H21F5N2O2/c1-33(9-8-25(34)35)14-15-2-3-17-12-24(32-23(17)10-15)16-4-6-19(21(11-16)26(29,30)31)20-7-5-18(27)13-22(20)28/h2-7,10-13,32H,8-9,14H2,1H3,(H,34,35). The van der Waals surface area contributed by atoms with E-state index in [4.69, 9.17) is 5.11 Å². The Morgan fingerprint density at radius 3 is 2.40 bits per heavy atom. The monoisotopic (exact) mass is 488 g/mol. The van der Waals surface area contributed by atoms with Crippen LogP contribution in [0.15, 0.2) is 60.7 Å². The van der Waals surface area contributed by atoms with Crippen LogP contribution in [0.1, 0.15) is 17.5 Å². The van der Waals surface area contributed by atoms with Crippen LogP contribution in [0.4, 0.5) is 22.0 Å². The van der Waals surface area contributed by atoms with E-state index in [9.17, 15) is 26.7 Å². The number of alkyl halides is 3. The highest BCUT2D eigenvalue weighted by Gasteiger charge is 2.34. The van der Waals surface area contributed by atoms with Crippen molar-refractivity contribution in [3.05, 3.63) is 83.4 Å². The number of nitrogens with one attached hydrogen (secondary N) is 1. The molecule has 0 amide bonds. The Hall–Kier alpha value is -3.72. The molecule has 0 aliphatic rings. The van der Waals surface area contributed by atoms with Crippen LogP contribution in [0.3, 0.4) is 0 Å². The number of carboxylic acid groups (broad SMARTS) is 1. The van der Waals surface area contributed by atoms with Gasteiger partial charge in [0.25, 0.3) is 0 Å². The van der Waals surface area contributed by atoms with Gasteiger partial charge in [-0.3, -0.25) is 4.79 Å². The number of aromatic amines is 1. The molecular weight excluding hydrogens is 467 g/mol. The van der Waals surface area contributed by atoms with Gasteiger partial charge in [-0.1, -0.05) is 24.3 Å². The van der Waals surface area contributed by atoms with Gasteiger partial charge in [0.05, 0.1) is 12.0 Å². The third kappa shape index (κ3) is 5.51. The van der Waals surface area contributed by atoms with Gasteiger partial charge < -0.3 is 15.0 Å². The molecule has 0 aliphatic carbocycles. The van der Waals surface area contributed by atoms with Gasteiger partial charge in [0, 0.05) is 41.3 Å². The molecule has 0 spiro atoms. The number of aromatic nitrogens is 1. The molecule has 9 heteroatoms. The van der Waals surface area contributed by atoms with Crippen molar-refractivity contribution in [2.24, 2.45) is 0 Å². The Bertz CT molecular complexity index is 1390. The summed E-state index contributed by atoms with van der Waals surface area (Å²) in [5.74, 6) is -2.83. The van der Waals surface area contributed by atoms with Crippen LogP contribution in [0, 0.1) is 11.6 Å². The fourth-order valence-electron chi connectivity index (χ4n) is 3.99. The quantitative estimate of drug-likeness (QED) is 0.285. The second-order valence-electron chi connectivity index (χ2n) is 8.37. The summed E-state index contributed by atoms with van der Waals surface area (Å²) < 4.78 is 69.2. The lowest BCUT2D eigenvalue weighted by Crippen LogP contribution is -2.21. The molecule has 0 bridgehead atoms. The van der Waals surface area contributed by atoms with Gasteiger partial charge in [-0.25, -0.2) is 8.78 Å². The second-order valence-corrected chi connectivity index (χ2v) is 8.37. The molecule has 35 heavy (non-hydrogen) atoms. The van der Waals surface area contributed by atoms with Crippen LogP contribution in [0.2, 0.25) is 0 Å². The number of fused-ring (bicyclic) bond motifs is 1. The van der Waals surface area contributed by atoms with Gasteiger partial charge >= 0.3 is 12.1 Å². The predicted molar refractivity (Wildman–Crippen MR) is 123 cm³/mol. The van der Waals surface area contributed by atoms with Crippen molar-refractivity contribution in [1.82, 2.24) is 9.88 Å². The number of nitrogens with zero attached hydrogens (tertiary/aromatic N) is 1. The van der Waals surface area contributed by atoms with E-state index in [0.29, 0.717) is 30.4 Å². The number of carboxylic acids is 1. The third-order valence-corrected chi connectivity index (χ3v) is 5.70. The molecule has 4 aromatic rings. The molecule has 0 aliphatic heterocycles. The Labute approximate surface area is 197 Å². The second kappa shape index (κ2) is 9.50. The number of aliphatic carboxylic acids is 1. The van der Waals surface area contributed by atoms with Crippen molar-refractivity contribution in [2.45, 2.75) is 19.1 Å². The number of rotatable bonds is 7. The highest BCUT2D eigenvalue weighted by atomic mass is 19.4. The minimum Gasteiger partial charge on any atom is -0.481 e. The van der Waals surface area contributed by atoms with Crippen molar-refractivity contribution >= 4 is 16.9 Å². The first kappa shape index (κ1) is 24.4. The van der Waals surface area contributed by atoms with E-state index in [-0.39, 0.29) is 23.1 Å². The molecule has 0 radical (unpaired) electrons. The van der Waals surface area contributed by atoms with Crippen molar-refractivity contribution in [3.63, 3.8) is 0 Å². The Balaban J connectivity index is 1.68. The predicted octanol–water partition coefficient (Wildman–Crippen LogP) is 6.71. The minimum atomic E-state index is -4.76. The maximum Gasteiger partial charge on any atom is 0.417 e. The molecule has 4 rings (SSSR count). The lowest BCUT2D eigenvalue weighted by molar-refractivity contribution is -0.138. The van der Waals surface area contributed by atoms with E-state index in [1.165, 1.54) is 12.1 Å². The fourth-order valence-corrected chi connectivity index (χ4v) is 3.99. The zero-order chi connectivity index (χ0) is 25.3. The third-order valence-electron chi connectivity index (χ3n) is 5.70. The van der Waals surface area contributed by atoms with Gasteiger partial charge in [0.1, 0.15) is 11.6 Å². The first-order valence-corrected chi connectivity index (χ1v) is 10.7. The van der Waals surface area contributed by atoms with E-state index in [2.05, 4.69) is 4.98 Å². The Kier molecular flexibility index (Phi) is 6.62. The highest BCUT2D eigenvalue weighted by Crippen LogP contribution is 2.40. The average molecular weight is 488 g/mol. The van der Waals surface area contributed by atoms with Crippen molar-refractivity contribution < 1.29 is 31.9 Å². The zero-order valence-corrected chi connectivity index (χ0v) is 18.6. The summed E-state index contributed by atoms with van der Waals surface area (Å²) in [7, 11) is 1.80. The van der Waals surface area contributed by atoms with Crippen molar-refractivity contribution in [1.29, 1.82) is 0 Å². The SMILES string of the molecule is CN(CCC(=O)O)Cc1ccc2cc(-c3ccc(-c4ccc(F)cc4F)c(C(F)(F)F)c3)[nH]c2c1. The minimum absolute atomic E-state index is 0.0186. The highest BCUT2D eigenvalue weighted by molar-refractivity contribution is 5.87. The van der Waals surface area contributed by atoms with E-state index in [1.54, 1.807) is 13.1 Å². The normalized spacial score (nSPS) is 12.0. The fraction of sp³-hybridized carbons (Fsp3) is 0.192. The van der Waals surface area contributed by atoms with Crippen LogP contribution >= 0.6 is 0 Å². The van der Waals surface area contributed by atoms with Crippen LogP contribution < -0.4 is 0 Å². The summed E-state index contributed by atoms with van der Waals surface area (Å²) in [5, 5.41) is 9.61. The Morgan fingerprint density at radius 2 is 1.71 bits per heavy atom. The maximum absolute atomic E-state index is 14.2. The molecule has 0 fully saturated rings. The first-order chi connectivity index (χ1) is 16.5. The molecule has 1 aromatic heterocycles. The molecule has 0 atom stereocenters. The molecule has 4 nitrogen and oxygen atoms in total. The lowest BCUT2D eigenvalue weighted by Gasteiger charge is -2.15. The van der Waals surface area contributed by atoms with Gasteiger partial charge in [-0.15, -0.1) is 0 Å². The van der Waals surface area contributed by atoms with E-state index in [0.717, 1.165) is 29.1 Å². The van der Waals surface area contributed by atoms with Crippen LogP contribution in [0.5, 0.6) is 0 Å². The smallest absolute Gasteiger partial charge is 0.417 e. The van der Waals surface area contributed by atoms with E-state index >= 15 is 0 Å². The number of benzene rings is 3. The van der Waals surface area contributed by atoms with Gasteiger partial charge in [-0.2, -0.15) is 13.2 Å². The summed E-state index contributed by atoms with van der Waals surface area (Å²) in [6.07, 6.45) is -4.74. The number of hydrogen-bond acceptors (Lipinski definition) is 2. The zero-order valence-electron chi connectivity index (χ0n) is 18.6. The molecule has 2 N–H and O–H groups in total. The molecule has 0 saturated heterocycles. The largest absolute Gasteiger partial charge is 0.481 e. The summed E-state index contributed by atoms with van der Waals surface area (Å²) in [4.78, 5) is 15.7. The van der Waals surface area contributed by atoms with Crippen LogP contribution in [-0.4, -0.2) is 34.6 Å². The van der Waals surface area contributed by atoms with Crippen molar-refractivity contribution in [2.75, 3.05) is 13.6 Å². The topological polar surface area (TPSA) is 56.3 Å². The maximum atomic E-state index is 14.2. The molecule has 0 unspecified atom stereocenters. The molecule has 1 heterocycles. The summed E-state index contributed by atoms with van der Waals surface area (Å²) in [6.45, 7) is 0.887. The van der Waals surface area contributed by atoms with Gasteiger partial charge in [0.2, 0.25) is 0 Å². The van der Waals surface area contributed by atoms with E-state index in [1.807, 2.05) is 23.1 Å². The summed E-state index contributed by atoms with van der Waals surface area (Å²) in [6, 6.07) is 13.3. The molecule has 3 aromatic carbocycles. The molecular formula is C26H21F5N2O2. The number of carbonyl (C=O) groups is 1. The summed E-state index contributed by atoms with van der Waals surface area (Å²) in [5.41, 5.74) is 0.608. The molecule has 0 saturated carbocycles. The van der Waals surface area contributed by atoms with Crippen LogP contribution in [0.25, 0.3) is 33.3 Å². The first-order valence-electron chi connectivity index (χ1n) is 10.7. The summed E-state index contributed by atoms with van der Waals surface area (Å²) >= 11 is 0. The molecule has 182 valence electrons. The van der Waals surface area contributed by atoms with Gasteiger partial charge in [0.15, 0.2) is 0 Å². The number of H-pyrrole nitrogens is 1. The van der Waals surface area contributed by atoms with Crippen LogP contribution in [-0.2, 0) is 17.5 Å².